The number of carbonyl (C=O) groups excluding carboxylic acids is 1. The molecule has 0 N–H and O–H groups in total. The van der Waals surface area contributed by atoms with Crippen molar-refractivity contribution in [2.75, 3.05) is 0 Å². The number of hydrogen-bond acceptors (Lipinski definition) is 2. The van der Waals surface area contributed by atoms with E-state index in [0.717, 1.165) is 25.7 Å². The Morgan fingerprint density at radius 1 is 0.900 bits per heavy atom. The Bertz CT molecular complexity index is 403. The first-order chi connectivity index (χ1) is 9.79. The minimum absolute atomic E-state index is 0.209. The first-order valence-electron chi connectivity index (χ1n) is 7.96. The normalized spacial score (nSPS) is 20.0. The molecule has 2 nitrogen and oxygen atoms in total. The summed E-state index contributed by atoms with van der Waals surface area (Å²) in [5.74, 6) is 11.7. The molecule has 0 aromatic carbocycles. The summed E-state index contributed by atoms with van der Waals surface area (Å²) < 4.78 is 5.04. The number of carbonyl (C=O) groups is 1. The van der Waals surface area contributed by atoms with Crippen LogP contribution in [0.4, 0.5) is 0 Å². The van der Waals surface area contributed by atoms with Gasteiger partial charge in [-0.1, -0.05) is 63.7 Å². The molecule has 0 aliphatic carbocycles. The SMILES string of the molecule is CCCCCC#CC1OC(=O)C1C#CCCCCCC. The van der Waals surface area contributed by atoms with Gasteiger partial charge in [-0.15, -0.1) is 5.92 Å². The third-order valence-electron chi connectivity index (χ3n) is 3.36. The molecule has 0 spiro atoms. The summed E-state index contributed by atoms with van der Waals surface area (Å²) in [6.07, 6.45) is 9.85. The number of cyclic esters (lactones) is 1. The van der Waals surface area contributed by atoms with Crippen molar-refractivity contribution in [1.82, 2.24) is 0 Å². The molecule has 1 rings (SSSR count). The average Bonchev–Trinajstić information content (AvgIpc) is 2.45. The van der Waals surface area contributed by atoms with Crippen molar-refractivity contribution in [3.63, 3.8) is 0 Å². The molecule has 1 saturated heterocycles. The zero-order chi connectivity index (χ0) is 14.6. The molecular formula is C18H26O2. The summed E-state index contributed by atoms with van der Waals surface area (Å²) >= 11 is 0. The van der Waals surface area contributed by atoms with Gasteiger partial charge in [-0.2, -0.15) is 0 Å². The third-order valence-corrected chi connectivity index (χ3v) is 3.36. The summed E-state index contributed by atoms with van der Waals surface area (Å²) in [6.45, 7) is 4.37. The molecule has 0 saturated carbocycles. The van der Waals surface area contributed by atoms with Crippen LogP contribution in [0.25, 0.3) is 0 Å². The van der Waals surface area contributed by atoms with Gasteiger partial charge < -0.3 is 4.74 Å². The lowest BCUT2D eigenvalue weighted by Gasteiger charge is -2.27. The second-order valence-electron chi connectivity index (χ2n) is 5.25. The van der Waals surface area contributed by atoms with Gasteiger partial charge in [0.05, 0.1) is 0 Å². The summed E-state index contributed by atoms with van der Waals surface area (Å²) in [4.78, 5) is 11.3. The number of esters is 1. The molecule has 0 aromatic heterocycles. The summed E-state index contributed by atoms with van der Waals surface area (Å²) in [6, 6.07) is 0. The van der Waals surface area contributed by atoms with Crippen molar-refractivity contribution >= 4 is 5.97 Å². The maximum Gasteiger partial charge on any atom is 0.327 e. The van der Waals surface area contributed by atoms with Crippen LogP contribution in [0.3, 0.4) is 0 Å². The van der Waals surface area contributed by atoms with E-state index in [2.05, 4.69) is 37.5 Å². The number of ether oxygens (including phenoxy) is 1. The topological polar surface area (TPSA) is 26.3 Å². The predicted molar refractivity (Wildman–Crippen MR) is 81.8 cm³/mol. The first kappa shape index (κ1) is 16.6. The maximum absolute atomic E-state index is 11.3. The summed E-state index contributed by atoms with van der Waals surface area (Å²) in [5, 5.41) is 0. The van der Waals surface area contributed by atoms with Crippen LogP contribution < -0.4 is 0 Å². The van der Waals surface area contributed by atoms with Gasteiger partial charge in [0.25, 0.3) is 0 Å². The Morgan fingerprint density at radius 2 is 1.50 bits per heavy atom. The van der Waals surface area contributed by atoms with E-state index in [-0.39, 0.29) is 18.0 Å². The lowest BCUT2D eigenvalue weighted by atomic mass is 9.97. The molecule has 1 aliphatic rings. The van der Waals surface area contributed by atoms with Gasteiger partial charge in [-0.3, -0.25) is 4.79 Å². The van der Waals surface area contributed by atoms with E-state index in [4.69, 9.17) is 4.74 Å². The summed E-state index contributed by atoms with van der Waals surface area (Å²) in [7, 11) is 0. The van der Waals surface area contributed by atoms with Crippen LogP contribution in [0, 0.1) is 29.6 Å². The number of hydrogen-bond donors (Lipinski definition) is 0. The molecule has 0 aromatic rings. The monoisotopic (exact) mass is 274 g/mol. The van der Waals surface area contributed by atoms with Crippen LogP contribution >= 0.6 is 0 Å². The highest BCUT2D eigenvalue weighted by Crippen LogP contribution is 2.21. The van der Waals surface area contributed by atoms with Gasteiger partial charge in [-0.05, 0) is 12.8 Å². The Kier molecular flexibility index (Phi) is 8.64. The van der Waals surface area contributed by atoms with E-state index in [1.807, 2.05) is 0 Å². The van der Waals surface area contributed by atoms with Crippen molar-refractivity contribution in [3.05, 3.63) is 0 Å². The highest BCUT2D eigenvalue weighted by atomic mass is 16.6. The Morgan fingerprint density at radius 3 is 2.15 bits per heavy atom. The fourth-order valence-electron chi connectivity index (χ4n) is 2.02. The van der Waals surface area contributed by atoms with E-state index in [0.29, 0.717) is 0 Å². The molecule has 110 valence electrons. The smallest absolute Gasteiger partial charge is 0.327 e. The minimum Gasteiger partial charge on any atom is -0.446 e. The lowest BCUT2D eigenvalue weighted by Crippen LogP contribution is -2.43. The van der Waals surface area contributed by atoms with Crippen molar-refractivity contribution in [1.29, 1.82) is 0 Å². The van der Waals surface area contributed by atoms with E-state index in [9.17, 15) is 4.79 Å². The van der Waals surface area contributed by atoms with Gasteiger partial charge >= 0.3 is 5.97 Å². The Balaban J connectivity index is 2.25. The van der Waals surface area contributed by atoms with E-state index >= 15 is 0 Å². The van der Waals surface area contributed by atoms with Gasteiger partial charge in [-0.25, -0.2) is 0 Å². The van der Waals surface area contributed by atoms with Crippen LogP contribution in [0.15, 0.2) is 0 Å². The predicted octanol–water partition coefficient (Wildman–Crippen LogP) is 4.09. The molecule has 0 amide bonds. The third kappa shape index (κ3) is 6.16. The van der Waals surface area contributed by atoms with E-state index < -0.39 is 0 Å². The second kappa shape index (κ2) is 10.4. The average molecular weight is 274 g/mol. The van der Waals surface area contributed by atoms with Crippen LogP contribution in [0.1, 0.15) is 71.6 Å². The molecule has 0 radical (unpaired) electrons. The van der Waals surface area contributed by atoms with E-state index in [1.165, 1.54) is 32.1 Å². The maximum atomic E-state index is 11.3. The molecule has 2 heteroatoms. The molecule has 1 aliphatic heterocycles. The van der Waals surface area contributed by atoms with Gasteiger partial charge in [0.15, 0.2) is 12.0 Å². The van der Waals surface area contributed by atoms with Gasteiger partial charge in [0.2, 0.25) is 0 Å². The summed E-state index contributed by atoms with van der Waals surface area (Å²) in [5.41, 5.74) is 0. The van der Waals surface area contributed by atoms with Crippen LogP contribution in [0.5, 0.6) is 0 Å². The number of unbranched alkanes of at least 4 members (excludes halogenated alkanes) is 7. The van der Waals surface area contributed by atoms with E-state index in [1.54, 1.807) is 0 Å². The molecule has 1 heterocycles. The van der Waals surface area contributed by atoms with Crippen LogP contribution in [0.2, 0.25) is 0 Å². The zero-order valence-electron chi connectivity index (χ0n) is 12.8. The van der Waals surface area contributed by atoms with Crippen LogP contribution in [-0.2, 0) is 9.53 Å². The van der Waals surface area contributed by atoms with Crippen molar-refractivity contribution in [2.24, 2.45) is 5.92 Å². The molecule has 0 bridgehead atoms. The molecule has 2 atom stereocenters. The highest BCUT2D eigenvalue weighted by Gasteiger charge is 2.40. The number of rotatable bonds is 7. The standard InChI is InChI=1S/C18H26O2/c1-3-5-7-9-11-12-14-16-17(20-18(16)19)15-13-10-8-6-4-2/h16-17H,3-11H2,1-2H3. The Hall–Kier alpha value is -1.41. The van der Waals surface area contributed by atoms with Crippen molar-refractivity contribution in [3.8, 4) is 23.7 Å². The fourth-order valence-corrected chi connectivity index (χ4v) is 2.02. The van der Waals surface area contributed by atoms with Gasteiger partial charge in [0, 0.05) is 12.8 Å². The van der Waals surface area contributed by atoms with Crippen molar-refractivity contribution < 1.29 is 9.53 Å². The first-order valence-corrected chi connectivity index (χ1v) is 7.96. The zero-order valence-corrected chi connectivity index (χ0v) is 12.8. The Labute approximate surface area is 123 Å². The molecular weight excluding hydrogens is 248 g/mol. The fraction of sp³-hybridized carbons (Fsp3) is 0.722. The van der Waals surface area contributed by atoms with Crippen molar-refractivity contribution in [2.45, 2.75) is 77.7 Å². The molecule has 2 unspecified atom stereocenters. The van der Waals surface area contributed by atoms with Gasteiger partial charge in [0.1, 0.15) is 0 Å². The quantitative estimate of drug-likeness (QED) is 0.397. The minimum atomic E-state index is -0.306. The molecule has 20 heavy (non-hydrogen) atoms. The largest absolute Gasteiger partial charge is 0.446 e. The molecule has 1 fully saturated rings. The highest BCUT2D eigenvalue weighted by molar-refractivity contribution is 5.83. The second-order valence-corrected chi connectivity index (χ2v) is 5.25. The van der Waals surface area contributed by atoms with Crippen LogP contribution in [-0.4, -0.2) is 12.1 Å². The lowest BCUT2D eigenvalue weighted by molar-refractivity contribution is -0.171.